The van der Waals surface area contributed by atoms with Crippen molar-refractivity contribution in [2.45, 2.75) is 51.5 Å². The molecule has 2 atom stereocenters. The highest BCUT2D eigenvalue weighted by Crippen LogP contribution is 2.25. The third-order valence-corrected chi connectivity index (χ3v) is 4.48. The molecule has 3 rings (SSSR count). The van der Waals surface area contributed by atoms with Gasteiger partial charge in [0.1, 0.15) is 11.6 Å². The van der Waals surface area contributed by atoms with Crippen LogP contribution in [0.15, 0.2) is 42.5 Å². The molecular formula is C21H25NO5. The van der Waals surface area contributed by atoms with Gasteiger partial charge in [-0.15, -0.1) is 0 Å². The summed E-state index contributed by atoms with van der Waals surface area (Å²) < 4.78 is 11.2. The van der Waals surface area contributed by atoms with Gasteiger partial charge in [0.05, 0.1) is 19.3 Å². The molecule has 1 heterocycles. The molecule has 2 aromatic rings. The maximum Gasteiger partial charge on any atom is 0.411 e. The largest absolute Gasteiger partial charge is 0.480 e. The molecule has 1 amide bonds. The Hall–Kier alpha value is -2.60. The first-order valence-electron chi connectivity index (χ1n) is 9.04. The molecule has 1 N–H and O–H groups in total. The lowest BCUT2D eigenvalue weighted by Crippen LogP contribution is -2.43. The van der Waals surface area contributed by atoms with Gasteiger partial charge >= 0.3 is 12.1 Å². The van der Waals surface area contributed by atoms with Crippen LogP contribution in [-0.4, -0.2) is 46.4 Å². The van der Waals surface area contributed by atoms with Gasteiger partial charge in [0.25, 0.3) is 0 Å². The minimum absolute atomic E-state index is 0.208. The van der Waals surface area contributed by atoms with Crippen molar-refractivity contribution in [3.63, 3.8) is 0 Å². The van der Waals surface area contributed by atoms with E-state index in [1.807, 2.05) is 36.4 Å². The number of carboxylic acid groups (broad SMARTS) is 1. The summed E-state index contributed by atoms with van der Waals surface area (Å²) in [6.45, 7) is 5.84. The van der Waals surface area contributed by atoms with Crippen LogP contribution in [0.1, 0.15) is 32.8 Å². The maximum absolute atomic E-state index is 12.3. The molecule has 0 spiro atoms. The Morgan fingerprint density at radius 2 is 1.85 bits per heavy atom. The van der Waals surface area contributed by atoms with Crippen molar-refractivity contribution in [1.29, 1.82) is 0 Å². The van der Waals surface area contributed by atoms with Crippen molar-refractivity contribution in [3.05, 3.63) is 48.0 Å². The van der Waals surface area contributed by atoms with Crippen molar-refractivity contribution >= 4 is 22.8 Å². The first-order valence-corrected chi connectivity index (χ1v) is 9.04. The molecule has 0 aromatic heterocycles. The van der Waals surface area contributed by atoms with Crippen LogP contribution in [0, 0.1) is 0 Å². The monoisotopic (exact) mass is 371 g/mol. The van der Waals surface area contributed by atoms with Crippen LogP contribution < -0.4 is 0 Å². The van der Waals surface area contributed by atoms with Crippen LogP contribution in [0.3, 0.4) is 0 Å². The average molecular weight is 371 g/mol. The Morgan fingerprint density at radius 1 is 1.15 bits per heavy atom. The standard InChI is InChI=1S/C21H25NO5/c1-21(2,3)27-20(25)22-12-17(11-18(22)19(23)24)26-13-14-8-9-15-6-4-5-7-16(15)10-14/h4-10,17-18H,11-13H2,1-3H3,(H,23,24). The second kappa shape index (κ2) is 7.56. The van der Waals surface area contributed by atoms with Crippen molar-refractivity contribution < 1.29 is 24.2 Å². The van der Waals surface area contributed by atoms with Gasteiger partial charge in [-0.25, -0.2) is 9.59 Å². The number of hydrogen-bond donors (Lipinski definition) is 1. The Balaban J connectivity index is 1.64. The summed E-state index contributed by atoms with van der Waals surface area (Å²) >= 11 is 0. The van der Waals surface area contributed by atoms with Crippen LogP contribution in [-0.2, 0) is 20.9 Å². The van der Waals surface area contributed by atoms with Crippen LogP contribution in [0.4, 0.5) is 4.79 Å². The summed E-state index contributed by atoms with van der Waals surface area (Å²) in [5, 5.41) is 11.7. The molecular weight excluding hydrogens is 346 g/mol. The number of carbonyl (C=O) groups excluding carboxylic acids is 1. The topological polar surface area (TPSA) is 76.1 Å². The third-order valence-electron chi connectivity index (χ3n) is 4.48. The number of hydrogen-bond acceptors (Lipinski definition) is 4. The normalized spacial score (nSPS) is 20.0. The van der Waals surface area contributed by atoms with Crippen molar-refractivity contribution in [1.82, 2.24) is 4.90 Å². The molecule has 1 aliphatic rings. The van der Waals surface area contributed by atoms with Gasteiger partial charge < -0.3 is 14.6 Å². The van der Waals surface area contributed by atoms with E-state index in [2.05, 4.69) is 6.07 Å². The molecule has 144 valence electrons. The zero-order chi connectivity index (χ0) is 19.6. The smallest absolute Gasteiger partial charge is 0.411 e. The third kappa shape index (κ3) is 4.77. The van der Waals surface area contributed by atoms with Gasteiger partial charge in [-0.1, -0.05) is 36.4 Å². The molecule has 6 heteroatoms. The number of aliphatic carboxylic acids is 1. The minimum Gasteiger partial charge on any atom is -0.480 e. The van der Waals surface area contributed by atoms with E-state index in [1.54, 1.807) is 20.8 Å². The highest BCUT2D eigenvalue weighted by molar-refractivity contribution is 5.83. The van der Waals surface area contributed by atoms with E-state index in [0.29, 0.717) is 6.61 Å². The van der Waals surface area contributed by atoms with E-state index in [1.165, 1.54) is 4.90 Å². The summed E-state index contributed by atoms with van der Waals surface area (Å²) in [5.41, 5.74) is 0.334. The second-order valence-corrected chi connectivity index (χ2v) is 7.84. The number of carbonyl (C=O) groups is 2. The molecule has 27 heavy (non-hydrogen) atoms. The van der Waals surface area contributed by atoms with E-state index in [0.717, 1.165) is 16.3 Å². The highest BCUT2D eigenvalue weighted by atomic mass is 16.6. The van der Waals surface area contributed by atoms with E-state index < -0.39 is 23.7 Å². The summed E-state index contributed by atoms with van der Waals surface area (Å²) in [6, 6.07) is 13.2. The Bertz CT molecular complexity index is 842. The predicted molar refractivity (Wildman–Crippen MR) is 102 cm³/mol. The maximum atomic E-state index is 12.3. The fraction of sp³-hybridized carbons (Fsp3) is 0.429. The van der Waals surface area contributed by atoms with Gasteiger partial charge in [0.15, 0.2) is 0 Å². The summed E-state index contributed by atoms with van der Waals surface area (Å²) in [6.07, 6.45) is -0.709. The fourth-order valence-electron chi connectivity index (χ4n) is 3.22. The number of benzene rings is 2. The van der Waals surface area contributed by atoms with E-state index in [4.69, 9.17) is 9.47 Å². The van der Waals surface area contributed by atoms with Gasteiger partial charge in [-0.05, 0) is 43.2 Å². The molecule has 2 aromatic carbocycles. The number of ether oxygens (including phenoxy) is 2. The highest BCUT2D eigenvalue weighted by Gasteiger charge is 2.42. The van der Waals surface area contributed by atoms with Crippen molar-refractivity contribution in [2.24, 2.45) is 0 Å². The number of fused-ring (bicyclic) bond motifs is 1. The number of likely N-dealkylation sites (tertiary alicyclic amines) is 1. The number of carboxylic acids is 1. The lowest BCUT2D eigenvalue weighted by atomic mass is 10.1. The molecule has 6 nitrogen and oxygen atoms in total. The Morgan fingerprint density at radius 3 is 2.52 bits per heavy atom. The van der Waals surface area contributed by atoms with Gasteiger partial charge in [-0.2, -0.15) is 0 Å². The second-order valence-electron chi connectivity index (χ2n) is 7.84. The SMILES string of the molecule is CC(C)(C)OC(=O)N1CC(OCc2ccc3ccccc3c2)CC1C(=O)O. The molecule has 0 radical (unpaired) electrons. The quantitative estimate of drug-likeness (QED) is 0.884. The summed E-state index contributed by atoms with van der Waals surface area (Å²) in [7, 11) is 0. The fourth-order valence-corrected chi connectivity index (χ4v) is 3.22. The number of amides is 1. The summed E-state index contributed by atoms with van der Waals surface area (Å²) in [5.74, 6) is -1.04. The minimum atomic E-state index is -1.04. The average Bonchev–Trinajstić information content (AvgIpc) is 3.03. The van der Waals surface area contributed by atoms with Crippen molar-refractivity contribution in [3.8, 4) is 0 Å². The van der Waals surface area contributed by atoms with Gasteiger partial charge in [0, 0.05) is 6.42 Å². The molecule has 0 saturated carbocycles. The predicted octanol–water partition coefficient (Wildman–Crippen LogP) is 3.82. The first-order chi connectivity index (χ1) is 12.7. The van der Waals surface area contributed by atoms with Crippen LogP contribution in [0.25, 0.3) is 10.8 Å². The van der Waals surface area contributed by atoms with Crippen molar-refractivity contribution in [2.75, 3.05) is 6.54 Å². The lowest BCUT2D eigenvalue weighted by Gasteiger charge is -2.26. The molecule has 2 unspecified atom stereocenters. The number of rotatable bonds is 4. The lowest BCUT2D eigenvalue weighted by molar-refractivity contribution is -0.142. The Labute approximate surface area is 158 Å². The van der Waals surface area contributed by atoms with Crippen LogP contribution >= 0.6 is 0 Å². The van der Waals surface area contributed by atoms with Gasteiger partial charge in [0.2, 0.25) is 0 Å². The van der Waals surface area contributed by atoms with E-state index in [9.17, 15) is 14.7 Å². The molecule has 1 fully saturated rings. The Kier molecular flexibility index (Phi) is 5.37. The van der Waals surface area contributed by atoms with Gasteiger partial charge in [-0.3, -0.25) is 4.90 Å². The van der Waals surface area contributed by atoms with E-state index in [-0.39, 0.29) is 19.1 Å². The van der Waals surface area contributed by atoms with Crippen LogP contribution in [0.2, 0.25) is 0 Å². The molecule has 0 bridgehead atoms. The van der Waals surface area contributed by atoms with Crippen LogP contribution in [0.5, 0.6) is 0 Å². The molecule has 1 saturated heterocycles. The van der Waals surface area contributed by atoms with E-state index >= 15 is 0 Å². The first kappa shape index (κ1) is 19.2. The zero-order valence-electron chi connectivity index (χ0n) is 15.8. The zero-order valence-corrected chi connectivity index (χ0v) is 15.8. The molecule has 1 aliphatic heterocycles. The summed E-state index contributed by atoms with van der Waals surface area (Å²) in [4.78, 5) is 25.1. The number of nitrogens with zero attached hydrogens (tertiary/aromatic N) is 1. The molecule has 0 aliphatic carbocycles.